The lowest BCUT2D eigenvalue weighted by Crippen LogP contribution is -2.25. The van der Waals surface area contributed by atoms with E-state index >= 15 is 0 Å². The molecule has 0 spiro atoms. The van der Waals surface area contributed by atoms with Crippen molar-refractivity contribution in [2.24, 2.45) is 0 Å². The van der Waals surface area contributed by atoms with Gasteiger partial charge in [-0.1, -0.05) is 25.0 Å². The Labute approximate surface area is 115 Å². The summed E-state index contributed by atoms with van der Waals surface area (Å²) < 4.78 is 0. The first-order valence-electron chi connectivity index (χ1n) is 6.57. The second-order valence-corrected chi connectivity index (χ2v) is 4.48. The fourth-order valence-corrected chi connectivity index (χ4v) is 1.78. The Morgan fingerprint density at radius 1 is 1.42 bits per heavy atom. The van der Waals surface area contributed by atoms with Crippen LogP contribution in [0.2, 0.25) is 0 Å². The van der Waals surface area contributed by atoms with Gasteiger partial charge in [-0.2, -0.15) is 0 Å². The van der Waals surface area contributed by atoms with Gasteiger partial charge in [0.15, 0.2) is 0 Å². The molecule has 1 amide bonds. The Morgan fingerprint density at radius 2 is 2.16 bits per heavy atom. The lowest BCUT2D eigenvalue weighted by atomic mass is 10.1. The second kappa shape index (κ2) is 7.60. The van der Waals surface area contributed by atoms with Gasteiger partial charge < -0.3 is 10.0 Å². The van der Waals surface area contributed by atoms with Crippen LogP contribution in [0.4, 0.5) is 5.69 Å². The summed E-state index contributed by atoms with van der Waals surface area (Å²) in [6.07, 6.45) is 2.03. The molecular weight excluding hydrogens is 238 g/mol. The third kappa shape index (κ3) is 4.42. The van der Waals surface area contributed by atoms with Crippen molar-refractivity contribution in [1.82, 2.24) is 0 Å². The van der Waals surface area contributed by atoms with Crippen molar-refractivity contribution in [3.63, 3.8) is 0 Å². The van der Waals surface area contributed by atoms with Crippen LogP contribution < -0.4 is 4.90 Å². The highest BCUT2D eigenvalue weighted by molar-refractivity contribution is 6.05. The quantitative estimate of drug-likeness (QED) is 0.666. The molecule has 0 saturated carbocycles. The van der Waals surface area contributed by atoms with Gasteiger partial charge >= 0.3 is 5.91 Å². The number of nitrogens with zero attached hydrogens (tertiary/aromatic N) is 1. The van der Waals surface area contributed by atoms with Gasteiger partial charge in [-0.3, -0.25) is 4.79 Å². The summed E-state index contributed by atoms with van der Waals surface area (Å²) in [5.41, 5.74) is 3.18. The minimum absolute atomic E-state index is 0.108. The largest absolute Gasteiger partial charge is 0.396 e. The van der Waals surface area contributed by atoms with Gasteiger partial charge in [-0.25, -0.2) is 0 Å². The number of unbranched alkanes of at least 4 members (excludes halogenated alkanes) is 1. The molecule has 0 aliphatic rings. The fourth-order valence-electron chi connectivity index (χ4n) is 1.78. The van der Waals surface area contributed by atoms with Crippen molar-refractivity contribution in [3.8, 4) is 11.8 Å². The molecule has 0 fully saturated rings. The predicted octanol–water partition coefficient (Wildman–Crippen LogP) is 2.30. The van der Waals surface area contributed by atoms with Crippen molar-refractivity contribution in [1.29, 1.82) is 0 Å². The van der Waals surface area contributed by atoms with E-state index in [0.29, 0.717) is 12.8 Å². The van der Waals surface area contributed by atoms with E-state index in [0.717, 1.165) is 23.2 Å². The summed E-state index contributed by atoms with van der Waals surface area (Å²) in [6.45, 7) is 4.18. The topological polar surface area (TPSA) is 40.5 Å². The molecule has 0 atom stereocenters. The van der Waals surface area contributed by atoms with Gasteiger partial charge in [0.05, 0.1) is 0 Å². The third-order valence-electron chi connectivity index (χ3n) is 2.94. The maximum atomic E-state index is 12.0. The first-order valence-corrected chi connectivity index (χ1v) is 6.57. The van der Waals surface area contributed by atoms with Gasteiger partial charge in [-0.15, -0.1) is 0 Å². The van der Waals surface area contributed by atoms with Crippen LogP contribution in [-0.4, -0.2) is 24.7 Å². The van der Waals surface area contributed by atoms with Crippen LogP contribution >= 0.6 is 0 Å². The van der Waals surface area contributed by atoms with E-state index in [1.54, 1.807) is 11.9 Å². The zero-order valence-electron chi connectivity index (χ0n) is 11.9. The van der Waals surface area contributed by atoms with Crippen molar-refractivity contribution < 1.29 is 9.90 Å². The van der Waals surface area contributed by atoms with Crippen LogP contribution in [0.5, 0.6) is 0 Å². The Bertz CT molecular complexity index is 497. The number of carbonyl (C=O) groups is 1. The fraction of sp³-hybridized carbons (Fsp3) is 0.438. The molecule has 1 rings (SSSR count). The molecule has 0 bridgehead atoms. The number of anilines is 1. The molecule has 1 N–H and O–H groups in total. The highest BCUT2D eigenvalue weighted by Crippen LogP contribution is 2.21. The van der Waals surface area contributed by atoms with Crippen molar-refractivity contribution in [2.75, 3.05) is 18.6 Å². The van der Waals surface area contributed by atoms with E-state index in [-0.39, 0.29) is 12.5 Å². The molecule has 0 radical (unpaired) electrons. The summed E-state index contributed by atoms with van der Waals surface area (Å²) in [5.74, 6) is 5.19. The maximum absolute atomic E-state index is 12.0. The summed E-state index contributed by atoms with van der Waals surface area (Å²) in [6, 6.07) is 6.10. The van der Waals surface area contributed by atoms with Crippen LogP contribution in [-0.2, 0) is 11.2 Å². The Morgan fingerprint density at radius 3 is 2.79 bits per heavy atom. The predicted molar refractivity (Wildman–Crippen MR) is 78.1 cm³/mol. The van der Waals surface area contributed by atoms with Gasteiger partial charge in [0, 0.05) is 25.8 Å². The number of benzene rings is 1. The minimum Gasteiger partial charge on any atom is -0.396 e. The molecule has 0 unspecified atom stereocenters. The Hall–Kier alpha value is -1.79. The van der Waals surface area contributed by atoms with E-state index in [9.17, 15) is 4.79 Å². The van der Waals surface area contributed by atoms with Crippen molar-refractivity contribution >= 4 is 11.6 Å². The number of hydrogen-bond donors (Lipinski definition) is 1. The summed E-state index contributed by atoms with van der Waals surface area (Å²) in [4.78, 5) is 13.6. The van der Waals surface area contributed by atoms with E-state index in [2.05, 4.69) is 18.8 Å². The third-order valence-corrected chi connectivity index (χ3v) is 2.94. The SMILES string of the molecule is CCc1ccc(C)cc1N(C)C(=O)C#CCCCO. The second-order valence-electron chi connectivity index (χ2n) is 4.48. The molecule has 1 aromatic rings. The lowest BCUT2D eigenvalue weighted by Gasteiger charge is -2.18. The number of carbonyl (C=O) groups excluding carboxylic acids is 1. The molecule has 0 aromatic heterocycles. The number of aliphatic hydroxyl groups is 1. The Balaban J connectivity index is 2.86. The molecule has 0 aliphatic heterocycles. The van der Waals surface area contributed by atoms with E-state index < -0.39 is 0 Å². The molecule has 0 heterocycles. The van der Waals surface area contributed by atoms with Crippen LogP contribution in [0.15, 0.2) is 18.2 Å². The van der Waals surface area contributed by atoms with E-state index in [1.165, 1.54) is 0 Å². The maximum Gasteiger partial charge on any atom is 0.302 e. The van der Waals surface area contributed by atoms with Gasteiger partial charge in [-0.05, 0) is 42.9 Å². The first kappa shape index (κ1) is 15.3. The van der Waals surface area contributed by atoms with Crippen LogP contribution in [0.1, 0.15) is 30.9 Å². The van der Waals surface area contributed by atoms with E-state index in [4.69, 9.17) is 5.11 Å². The zero-order chi connectivity index (χ0) is 14.3. The van der Waals surface area contributed by atoms with E-state index in [1.807, 2.05) is 25.1 Å². The number of aryl methyl sites for hydroxylation is 2. The zero-order valence-corrected chi connectivity index (χ0v) is 11.9. The molecular formula is C16H21NO2. The smallest absolute Gasteiger partial charge is 0.302 e. The molecule has 3 nitrogen and oxygen atoms in total. The molecule has 3 heteroatoms. The molecule has 102 valence electrons. The molecule has 19 heavy (non-hydrogen) atoms. The van der Waals surface area contributed by atoms with Gasteiger partial charge in [0.25, 0.3) is 0 Å². The van der Waals surface area contributed by atoms with Crippen LogP contribution in [0.25, 0.3) is 0 Å². The standard InChI is InChI=1S/C16H21NO2/c1-4-14-10-9-13(2)12-15(14)17(3)16(19)8-6-5-7-11-18/h9-10,12,18H,4-5,7,11H2,1-3H3. The number of aliphatic hydroxyl groups excluding tert-OH is 1. The lowest BCUT2D eigenvalue weighted by molar-refractivity contribution is -0.113. The highest BCUT2D eigenvalue weighted by Gasteiger charge is 2.11. The monoisotopic (exact) mass is 259 g/mol. The Kier molecular flexibility index (Phi) is 6.11. The van der Waals surface area contributed by atoms with Gasteiger partial charge in [0.2, 0.25) is 0 Å². The molecule has 0 aliphatic carbocycles. The highest BCUT2D eigenvalue weighted by atomic mass is 16.2. The summed E-state index contributed by atoms with van der Waals surface area (Å²) in [7, 11) is 1.75. The van der Waals surface area contributed by atoms with Crippen molar-refractivity contribution in [2.45, 2.75) is 33.1 Å². The summed E-state index contributed by atoms with van der Waals surface area (Å²) in [5, 5.41) is 8.65. The normalized spacial score (nSPS) is 9.68. The van der Waals surface area contributed by atoms with Crippen LogP contribution in [0.3, 0.4) is 0 Å². The minimum atomic E-state index is -0.210. The molecule has 1 aromatic carbocycles. The number of amides is 1. The number of rotatable bonds is 4. The van der Waals surface area contributed by atoms with Crippen molar-refractivity contribution in [3.05, 3.63) is 29.3 Å². The average Bonchev–Trinajstić information content (AvgIpc) is 2.42. The average molecular weight is 259 g/mol. The van der Waals surface area contributed by atoms with Gasteiger partial charge in [0.1, 0.15) is 0 Å². The first-order chi connectivity index (χ1) is 9.10. The molecule has 0 saturated heterocycles. The van der Waals surface area contributed by atoms with Crippen LogP contribution in [0, 0.1) is 18.8 Å². The summed E-state index contributed by atoms with van der Waals surface area (Å²) >= 11 is 0. The number of hydrogen-bond acceptors (Lipinski definition) is 2.